The number of benzene rings is 7. The van der Waals surface area contributed by atoms with Crippen molar-refractivity contribution in [1.29, 1.82) is 0 Å². The maximum atomic E-state index is 5.63. The smallest absolute Gasteiger partial charge is 0.235 e. The topological polar surface area (TPSA) is 30.7 Å². The molecule has 0 aliphatic rings. The van der Waals surface area contributed by atoms with Crippen LogP contribution in [0.3, 0.4) is 0 Å². The van der Waals surface area contributed by atoms with Crippen molar-refractivity contribution in [3.05, 3.63) is 140 Å². The van der Waals surface area contributed by atoms with Crippen LogP contribution >= 0.6 is 34.0 Å². The van der Waals surface area contributed by atoms with Gasteiger partial charge in [0.05, 0.1) is 26.9 Å². The highest BCUT2D eigenvalue weighted by molar-refractivity contribution is 7.27. The van der Waals surface area contributed by atoms with Crippen molar-refractivity contribution in [2.75, 3.05) is 0 Å². The number of thiophene rings is 3. The van der Waals surface area contributed by atoms with Gasteiger partial charge in [-0.05, 0) is 29.7 Å². The van der Waals surface area contributed by atoms with Crippen LogP contribution in [-0.4, -0.2) is 14.5 Å². The lowest BCUT2D eigenvalue weighted by Gasteiger charge is -2.12. The summed E-state index contributed by atoms with van der Waals surface area (Å²) in [6.07, 6.45) is 0. The van der Waals surface area contributed by atoms with Crippen LogP contribution < -0.4 is 0 Å². The van der Waals surface area contributed by atoms with Gasteiger partial charge < -0.3 is 0 Å². The van der Waals surface area contributed by atoms with Gasteiger partial charge in [-0.2, -0.15) is 0 Å². The van der Waals surface area contributed by atoms with Crippen LogP contribution in [0.4, 0.5) is 0 Å². The average Bonchev–Trinajstić information content (AvgIpc) is 3.93. The van der Waals surface area contributed by atoms with Crippen LogP contribution in [0.1, 0.15) is 0 Å². The minimum atomic E-state index is 0.700. The Morgan fingerprint density at radius 3 is 1.80 bits per heavy atom. The lowest BCUT2D eigenvalue weighted by molar-refractivity contribution is 1.02. The van der Waals surface area contributed by atoms with Gasteiger partial charge in [-0.1, -0.05) is 115 Å². The summed E-state index contributed by atoms with van der Waals surface area (Å²) in [4.78, 5) is 11.1. The third kappa shape index (κ3) is 3.52. The van der Waals surface area contributed by atoms with Gasteiger partial charge in [0.2, 0.25) is 5.95 Å². The molecule has 0 unspecified atom stereocenters. The van der Waals surface area contributed by atoms with E-state index in [4.69, 9.17) is 9.97 Å². The summed E-state index contributed by atoms with van der Waals surface area (Å²) in [5, 5.41) is 11.3. The van der Waals surface area contributed by atoms with Crippen molar-refractivity contribution in [2.45, 2.75) is 0 Å². The van der Waals surface area contributed by atoms with Crippen LogP contribution in [0.5, 0.6) is 0 Å². The molecule has 0 bridgehead atoms. The lowest BCUT2D eigenvalue weighted by Crippen LogP contribution is -2.03. The fourth-order valence-corrected chi connectivity index (χ4v) is 11.8. The highest BCUT2D eigenvalue weighted by atomic mass is 32.1. The van der Waals surface area contributed by atoms with Crippen LogP contribution in [0, 0.1) is 0 Å². The van der Waals surface area contributed by atoms with Crippen molar-refractivity contribution >= 4 is 127 Å². The number of aromatic nitrogens is 3. The van der Waals surface area contributed by atoms with E-state index in [1.54, 1.807) is 11.3 Å². The van der Waals surface area contributed by atoms with E-state index in [2.05, 4.69) is 144 Å². The number of rotatable bonds is 2. The Kier molecular flexibility index (Phi) is 5.42. The zero-order valence-corrected chi connectivity index (χ0v) is 28.8. The van der Waals surface area contributed by atoms with Crippen LogP contribution in [0.25, 0.3) is 110 Å². The minimum Gasteiger partial charge on any atom is -0.277 e. The molecule has 5 aromatic heterocycles. The molecule has 232 valence electrons. The summed E-state index contributed by atoms with van der Waals surface area (Å²) in [7, 11) is 0. The molecular weight excluding hydrogens is 667 g/mol. The van der Waals surface area contributed by atoms with Crippen molar-refractivity contribution in [1.82, 2.24) is 14.5 Å². The molecule has 0 radical (unpaired) electrons. The van der Waals surface area contributed by atoms with Gasteiger partial charge in [0.1, 0.15) is 0 Å². The normalized spacial score (nSPS) is 12.4. The molecule has 0 fully saturated rings. The summed E-state index contributed by atoms with van der Waals surface area (Å²) >= 11 is 5.53. The summed E-state index contributed by atoms with van der Waals surface area (Å²) in [6.45, 7) is 0. The summed E-state index contributed by atoms with van der Waals surface area (Å²) in [5.74, 6) is 0.700. The average molecular weight is 690 g/mol. The van der Waals surface area contributed by atoms with Gasteiger partial charge in [0.25, 0.3) is 0 Å². The predicted molar refractivity (Wildman–Crippen MR) is 218 cm³/mol. The number of nitrogens with zero attached hydrogens (tertiary/aromatic N) is 3. The molecule has 5 heterocycles. The minimum absolute atomic E-state index is 0.700. The molecule has 0 aliphatic heterocycles. The standard InChI is InChI=1S/C44H23N3S3/c1-2-14-26-25(13-1)36-29-16-5-9-22-34(29)49-42(36)37-28-15-3-7-20-32(28)47(40(26)37)44-45-38-30-17-6-10-23-35(30)50-43(38)39(46-44)31-19-11-18-27-24-12-4-8-21-33(24)48-41(27)31/h1-23H. The van der Waals surface area contributed by atoms with Crippen molar-refractivity contribution < 1.29 is 0 Å². The Labute approximate surface area is 296 Å². The molecule has 0 amide bonds. The molecule has 50 heavy (non-hydrogen) atoms. The van der Waals surface area contributed by atoms with E-state index in [1.165, 1.54) is 72.0 Å². The molecule has 0 N–H and O–H groups in total. The number of para-hydroxylation sites is 1. The number of fused-ring (bicyclic) bond motifs is 16. The molecule has 3 nitrogen and oxygen atoms in total. The highest BCUT2D eigenvalue weighted by Crippen LogP contribution is 2.49. The lowest BCUT2D eigenvalue weighted by atomic mass is 10.00. The van der Waals surface area contributed by atoms with Crippen molar-refractivity contribution in [3.8, 4) is 17.2 Å². The van der Waals surface area contributed by atoms with E-state index in [-0.39, 0.29) is 0 Å². The van der Waals surface area contributed by atoms with Crippen LogP contribution in [0.2, 0.25) is 0 Å². The van der Waals surface area contributed by atoms with Gasteiger partial charge >= 0.3 is 0 Å². The molecule has 0 saturated heterocycles. The molecule has 0 saturated carbocycles. The maximum Gasteiger partial charge on any atom is 0.235 e. The van der Waals surface area contributed by atoms with Gasteiger partial charge in [0.15, 0.2) is 0 Å². The monoisotopic (exact) mass is 689 g/mol. The molecule has 0 aliphatic carbocycles. The third-order valence-corrected chi connectivity index (χ3v) is 13.8. The van der Waals surface area contributed by atoms with Crippen LogP contribution in [-0.2, 0) is 0 Å². The first-order valence-electron chi connectivity index (χ1n) is 16.7. The maximum absolute atomic E-state index is 5.63. The molecule has 7 aromatic carbocycles. The van der Waals surface area contributed by atoms with Gasteiger partial charge in [0, 0.05) is 72.2 Å². The summed E-state index contributed by atoms with van der Waals surface area (Å²) < 4.78 is 9.85. The molecule has 0 atom stereocenters. The highest BCUT2D eigenvalue weighted by Gasteiger charge is 2.25. The van der Waals surface area contributed by atoms with E-state index in [1.807, 2.05) is 22.7 Å². The van der Waals surface area contributed by atoms with Gasteiger partial charge in [-0.15, -0.1) is 34.0 Å². The number of hydrogen-bond acceptors (Lipinski definition) is 5. The third-order valence-electron chi connectivity index (χ3n) is 10.2. The Hall–Kier alpha value is -5.66. The van der Waals surface area contributed by atoms with Crippen molar-refractivity contribution in [2.24, 2.45) is 0 Å². The fourth-order valence-electron chi connectivity index (χ4n) is 8.12. The summed E-state index contributed by atoms with van der Waals surface area (Å²) in [6, 6.07) is 50.5. The molecule has 12 aromatic rings. The van der Waals surface area contributed by atoms with Gasteiger partial charge in [-0.3, -0.25) is 4.57 Å². The first kappa shape index (κ1) is 27.2. The van der Waals surface area contributed by atoms with E-state index in [9.17, 15) is 0 Å². The van der Waals surface area contributed by atoms with Crippen molar-refractivity contribution in [3.63, 3.8) is 0 Å². The zero-order chi connectivity index (χ0) is 32.5. The first-order chi connectivity index (χ1) is 24.8. The molecule has 12 rings (SSSR count). The Morgan fingerprint density at radius 2 is 0.980 bits per heavy atom. The number of hydrogen-bond donors (Lipinski definition) is 0. The first-order valence-corrected chi connectivity index (χ1v) is 19.1. The van der Waals surface area contributed by atoms with E-state index < -0.39 is 0 Å². The second kappa shape index (κ2) is 9.96. The Balaban J connectivity index is 1.29. The fraction of sp³-hybridized carbons (Fsp3) is 0. The quantitative estimate of drug-likeness (QED) is 0.181. The SMILES string of the molecule is c1ccc2c(c1)sc1c(-c3nc(-n4c5ccccc5c5c6sc7ccccc7c6c6ccccc6c54)nc4c3sc3ccccc34)cccc12. The van der Waals surface area contributed by atoms with E-state index in [0.717, 1.165) is 32.5 Å². The zero-order valence-electron chi connectivity index (χ0n) is 26.3. The Bertz CT molecular complexity index is 3400. The van der Waals surface area contributed by atoms with Crippen LogP contribution in [0.15, 0.2) is 140 Å². The largest absolute Gasteiger partial charge is 0.277 e. The molecule has 6 heteroatoms. The predicted octanol–water partition coefficient (Wildman–Crippen LogP) is 13.5. The molecule has 0 spiro atoms. The molecular formula is C44H23N3S3. The Morgan fingerprint density at radius 1 is 0.400 bits per heavy atom. The van der Waals surface area contributed by atoms with E-state index in [0.29, 0.717) is 5.95 Å². The van der Waals surface area contributed by atoms with E-state index >= 15 is 0 Å². The van der Waals surface area contributed by atoms with Gasteiger partial charge in [-0.25, -0.2) is 9.97 Å². The second-order valence-electron chi connectivity index (χ2n) is 12.9. The summed E-state index contributed by atoms with van der Waals surface area (Å²) in [5.41, 5.74) is 5.41. The second-order valence-corrected chi connectivity index (χ2v) is 16.0.